The molecule has 6 rings (SSSR count). The highest BCUT2D eigenvalue weighted by Crippen LogP contribution is 2.32. The maximum atomic E-state index is 13.0. The van der Waals surface area contributed by atoms with Gasteiger partial charge in [-0.25, -0.2) is 4.98 Å². The van der Waals surface area contributed by atoms with Crippen molar-refractivity contribution in [1.82, 2.24) is 19.9 Å². The second-order valence-electron chi connectivity index (χ2n) is 9.94. The van der Waals surface area contributed by atoms with Crippen molar-refractivity contribution in [2.75, 3.05) is 6.54 Å². The summed E-state index contributed by atoms with van der Waals surface area (Å²) in [5.74, 6) is 2.22. The van der Waals surface area contributed by atoms with Crippen molar-refractivity contribution in [2.45, 2.75) is 64.1 Å². The Morgan fingerprint density at radius 2 is 1.89 bits per heavy atom. The van der Waals surface area contributed by atoms with Crippen LogP contribution in [0.3, 0.4) is 0 Å². The normalized spacial score (nSPS) is 16.9. The van der Waals surface area contributed by atoms with Crippen LogP contribution in [-0.2, 0) is 26.1 Å². The summed E-state index contributed by atoms with van der Waals surface area (Å²) in [6, 6.07) is 16.4. The van der Waals surface area contributed by atoms with Crippen molar-refractivity contribution < 1.29 is 4.74 Å². The summed E-state index contributed by atoms with van der Waals surface area (Å²) in [7, 11) is 0. The van der Waals surface area contributed by atoms with Crippen LogP contribution in [0, 0.1) is 0 Å². The van der Waals surface area contributed by atoms with E-state index in [1.165, 1.54) is 24.8 Å². The predicted octanol–water partition coefficient (Wildman–Crippen LogP) is 5.44. The maximum Gasteiger partial charge on any atom is 0.255 e. The molecule has 0 bridgehead atoms. The Bertz CT molecular complexity index is 1370. The van der Waals surface area contributed by atoms with E-state index in [0.717, 1.165) is 71.6 Å². The van der Waals surface area contributed by atoms with Gasteiger partial charge in [0.1, 0.15) is 18.2 Å². The Morgan fingerprint density at radius 3 is 2.74 bits per heavy atom. The first-order valence-corrected chi connectivity index (χ1v) is 12.8. The summed E-state index contributed by atoms with van der Waals surface area (Å²) in [6.07, 6.45) is 8.95. The van der Waals surface area contributed by atoms with Crippen LogP contribution in [0.4, 0.5) is 0 Å². The first kappa shape index (κ1) is 22.1. The highest BCUT2D eigenvalue weighted by Gasteiger charge is 2.25. The maximum absolute atomic E-state index is 13.0. The molecule has 0 amide bonds. The van der Waals surface area contributed by atoms with Crippen molar-refractivity contribution in [2.24, 2.45) is 0 Å². The van der Waals surface area contributed by atoms with Crippen LogP contribution in [-0.4, -0.2) is 26.4 Å². The fraction of sp³-hybridized carbons (Fsp3) is 0.379. The monoisotopic (exact) mass is 468 g/mol. The minimum atomic E-state index is 0.0473. The summed E-state index contributed by atoms with van der Waals surface area (Å²) >= 11 is 0. The van der Waals surface area contributed by atoms with E-state index in [1.807, 2.05) is 30.3 Å². The Hall–Kier alpha value is -3.38. The number of aromatic nitrogens is 3. The molecular formula is C29H32N4O2. The smallest absolute Gasteiger partial charge is 0.255 e. The van der Waals surface area contributed by atoms with Gasteiger partial charge in [0, 0.05) is 49.1 Å². The van der Waals surface area contributed by atoms with Gasteiger partial charge >= 0.3 is 0 Å². The Balaban J connectivity index is 1.21. The Kier molecular flexibility index (Phi) is 6.13. The number of H-pyrrole nitrogens is 2. The molecule has 35 heavy (non-hydrogen) atoms. The number of fused-ring (bicyclic) bond motifs is 2. The number of hydrogen-bond donors (Lipinski definition) is 2. The molecule has 1 fully saturated rings. The van der Waals surface area contributed by atoms with Gasteiger partial charge in [0.15, 0.2) is 0 Å². The first-order chi connectivity index (χ1) is 17.2. The van der Waals surface area contributed by atoms with Crippen LogP contribution >= 0.6 is 0 Å². The van der Waals surface area contributed by atoms with Gasteiger partial charge in [0.2, 0.25) is 0 Å². The Labute approximate surface area is 205 Å². The molecule has 4 aromatic rings. The lowest BCUT2D eigenvalue weighted by Crippen LogP contribution is -2.36. The zero-order valence-electron chi connectivity index (χ0n) is 20.1. The molecule has 0 atom stereocenters. The SMILES string of the molecule is O=c1[nH]c(C2CCCCC2)nc2c1CN(Cc1c[nH]c3cccc(OCc4ccccc4)c13)CC2. The average molecular weight is 469 g/mol. The molecule has 1 saturated carbocycles. The van der Waals surface area contributed by atoms with Gasteiger partial charge in [-0.3, -0.25) is 9.69 Å². The quantitative estimate of drug-likeness (QED) is 0.395. The highest BCUT2D eigenvalue weighted by molar-refractivity contribution is 5.89. The van der Waals surface area contributed by atoms with Crippen LogP contribution in [0.25, 0.3) is 10.9 Å². The number of nitrogens with zero attached hydrogens (tertiary/aromatic N) is 2. The summed E-state index contributed by atoms with van der Waals surface area (Å²) in [5, 5.41) is 1.12. The van der Waals surface area contributed by atoms with Crippen LogP contribution in [0.5, 0.6) is 5.75 Å². The lowest BCUT2D eigenvalue weighted by Gasteiger charge is -2.28. The number of hydrogen-bond acceptors (Lipinski definition) is 4. The molecule has 0 spiro atoms. The molecule has 2 aliphatic rings. The van der Waals surface area contributed by atoms with E-state index < -0.39 is 0 Å². The molecule has 2 aromatic carbocycles. The minimum absolute atomic E-state index is 0.0473. The molecule has 1 aliphatic carbocycles. The molecule has 0 unspecified atom stereocenters. The van der Waals surface area contributed by atoms with E-state index >= 15 is 0 Å². The third-order valence-electron chi connectivity index (χ3n) is 7.54. The van der Waals surface area contributed by atoms with E-state index in [0.29, 0.717) is 19.1 Å². The number of aromatic amines is 2. The molecule has 1 aliphatic heterocycles. The molecule has 2 N–H and O–H groups in total. The zero-order valence-corrected chi connectivity index (χ0v) is 20.1. The largest absolute Gasteiger partial charge is 0.488 e. The topological polar surface area (TPSA) is 74.0 Å². The van der Waals surface area contributed by atoms with Crippen LogP contribution in [0.1, 0.15) is 66.2 Å². The fourth-order valence-electron chi connectivity index (χ4n) is 5.65. The minimum Gasteiger partial charge on any atom is -0.488 e. The Morgan fingerprint density at radius 1 is 1.03 bits per heavy atom. The number of rotatable bonds is 6. The molecule has 0 radical (unpaired) electrons. The van der Waals surface area contributed by atoms with E-state index in [-0.39, 0.29) is 5.56 Å². The van der Waals surface area contributed by atoms with Crippen LogP contribution in [0.15, 0.2) is 59.5 Å². The number of ether oxygens (including phenoxy) is 1. The van der Waals surface area contributed by atoms with E-state index in [4.69, 9.17) is 9.72 Å². The van der Waals surface area contributed by atoms with Crippen molar-refractivity contribution in [3.63, 3.8) is 0 Å². The molecule has 3 heterocycles. The van der Waals surface area contributed by atoms with Crippen molar-refractivity contribution in [3.8, 4) is 5.75 Å². The summed E-state index contributed by atoms with van der Waals surface area (Å²) in [6.45, 7) is 2.82. The van der Waals surface area contributed by atoms with Crippen LogP contribution in [0.2, 0.25) is 0 Å². The molecule has 180 valence electrons. The second-order valence-corrected chi connectivity index (χ2v) is 9.94. The first-order valence-electron chi connectivity index (χ1n) is 12.8. The molecule has 2 aromatic heterocycles. The lowest BCUT2D eigenvalue weighted by molar-refractivity contribution is 0.241. The number of nitrogens with one attached hydrogen (secondary N) is 2. The fourth-order valence-corrected chi connectivity index (χ4v) is 5.65. The third kappa shape index (κ3) is 4.63. The third-order valence-corrected chi connectivity index (χ3v) is 7.54. The summed E-state index contributed by atoms with van der Waals surface area (Å²) < 4.78 is 6.24. The molecule has 6 nitrogen and oxygen atoms in total. The average Bonchev–Trinajstić information content (AvgIpc) is 3.32. The van der Waals surface area contributed by atoms with Gasteiger partial charge in [-0.1, -0.05) is 55.7 Å². The number of benzene rings is 2. The molecule has 0 saturated heterocycles. The van der Waals surface area contributed by atoms with Crippen molar-refractivity contribution in [3.05, 3.63) is 93.3 Å². The lowest BCUT2D eigenvalue weighted by atomic mass is 9.88. The van der Waals surface area contributed by atoms with E-state index in [1.54, 1.807) is 0 Å². The standard InChI is InChI=1S/C29H32N4O2/c34-29-23-18-33(15-14-24(23)31-28(32-29)21-10-5-2-6-11-21)17-22-16-30-25-12-7-13-26(27(22)25)35-19-20-8-3-1-4-9-20/h1,3-4,7-9,12-13,16,21,30H,2,5-6,10-11,14-15,17-19H2,(H,31,32,34). The van der Waals surface area contributed by atoms with Gasteiger partial charge in [-0.2, -0.15) is 0 Å². The van der Waals surface area contributed by atoms with Gasteiger partial charge in [-0.05, 0) is 36.1 Å². The zero-order chi connectivity index (χ0) is 23.6. The second kappa shape index (κ2) is 9.70. The predicted molar refractivity (Wildman–Crippen MR) is 138 cm³/mol. The van der Waals surface area contributed by atoms with Gasteiger partial charge in [-0.15, -0.1) is 0 Å². The van der Waals surface area contributed by atoms with Gasteiger partial charge in [0.05, 0.1) is 11.3 Å². The van der Waals surface area contributed by atoms with Crippen molar-refractivity contribution >= 4 is 10.9 Å². The summed E-state index contributed by atoms with van der Waals surface area (Å²) in [5.41, 5.74) is 5.28. The van der Waals surface area contributed by atoms with E-state index in [2.05, 4.69) is 39.3 Å². The van der Waals surface area contributed by atoms with Crippen LogP contribution < -0.4 is 10.3 Å². The van der Waals surface area contributed by atoms with Gasteiger partial charge in [0.25, 0.3) is 5.56 Å². The van der Waals surface area contributed by atoms with Gasteiger partial charge < -0.3 is 14.7 Å². The summed E-state index contributed by atoms with van der Waals surface area (Å²) in [4.78, 5) is 26.8. The molecular weight excluding hydrogens is 436 g/mol. The highest BCUT2D eigenvalue weighted by atomic mass is 16.5. The van der Waals surface area contributed by atoms with E-state index in [9.17, 15) is 4.79 Å². The van der Waals surface area contributed by atoms with Crippen molar-refractivity contribution in [1.29, 1.82) is 0 Å². The molecule has 6 heteroatoms.